The van der Waals surface area contributed by atoms with Crippen LogP contribution in [0.2, 0.25) is 0 Å². The molecule has 0 atom stereocenters. The number of amides is 2. The van der Waals surface area contributed by atoms with Crippen molar-refractivity contribution in [3.63, 3.8) is 0 Å². The average molecular weight is 560 g/mol. The number of carbonyl (C=O) groups excluding carboxylic acids is 2. The molecule has 0 saturated heterocycles. The Labute approximate surface area is 243 Å². The Kier molecular flexibility index (Phi) is 8.64. The van der Waals surface area contributed by atoms with Gasteiger partial charge in [0.15, 0.2) is 11.5 Å². The van der Waals surface area contributed by atoms with E-state index in [1.165, 1.54) is 6.20 Å². The first-order chi connectivity index (χ1) is 20.5. The molecular formula is C32H29N7O3. The number of nitrogens with one attached hydrogen (secondary N) is 3. The van der Waals surface area contributed by atoms with Crippen molar-refractivity contribution in [2.75, 3.05) is 17.6 Å². The first kappa shape index (κ1) is 27.8. The predicted octanol–water partition coefficient (Wildman–Crippen LogP) is 4.86. The Morgan fingerprint density at radius 2 is 1.81 bits per heavy atom. The lowest BCUT2D eigenvalue weighted by Gasteiger charge is -2.15. The zero-order valence-electron chi connectivity index (χ0n) is 22.7. The molecule has 210 valence electrons. The van der Waals surface area contributed by atoms with E-state index in [9.17, 15) is 9.59 Å². The number of pyridine rings is 1. The summed E-state index contributed by atoms with van der Waals surface area (Å²) < 4.78 is 5.24. The molecule has 0 saturated carbocycles. The normalized spacial score (nSPS) is 12.2. The van der Waals surface area contributed by atoms with Crippen molar-refractivity contribution >= 4 is 29.1 Å². The topological polar surface area (TPSA) is 144 Å². The minimum absolute atomic E-state index is 0.00355. The molecule has 5 rings (SSSR count). The molecule has 1 aliphatic rings. The maximum atomic E-state index is 13.2. The second kappa shape index (κ2) is 13.1. The highest BCUT2D eigenvalue weighted by atomic mass is 16.5. The first-order valence-corrected chi connectivity index (χ1v) is 13.2. The van der Waals surface area contributed by atoms with Crippen LogP contribution in [0.25, 0.3) is 16.8 Å². The summed E-state index contributed by atoms with van der Waals surface area (Å²) in [7, 11) is 0. The molecule has 42 heavy (non-hydrogen) atoms. The molecule has 10 heteroatoms. The lowest BCUT2D eigenvalue weighted by Crippen LogP contribution is -2.26. The second-order valence-corrected chi connectivity index (χ2v) is 9.40. The van der Waals surface area contributed by atoms with Crippen molar-refractivity contribution in [1.82, 2.24) is 25.6 Å². The van der Waals surface area contributed by atoms with Crippen LogP contribution in [0.4, 0.5) is 16.3 Å². The summed E-state index contributed by atoms with van der Waals surface area (Å²) in [6.07, 6.45) is 10.4. The van der Waals surface area contributed by atoms with E-state index in [1.807, 2.05) is 66.7 Å². The van der Waals surface area contributed by atoms with E-state index in [1.54, 1.807) is 24.7 Å². The van der Waals surface area contributed by atoms with Gasteiger partial charge in [0, 0.05) is 35.8 Å². The monoisotopic (exact) mass is 559 g/mol. The van der Waals surface area contributed by atoms with Crippen LogP contribution in [0.15, 0.2) is 110 Å². The van der Waals surface area contributed by atoms with E-state index in [0.717, 1.165) is 33.5 Å². The van der Waals surface area contributed by atoms with Crippen LogP contribution < -0.4 is 21.7 Å². The number of alkyl carbamates (subject to hydrolysis) is 1. The lowest BCUT2D eigenvalue weighted by atomic mass is 10.0. The fourth-order valence-corrected chi connectivity index (χ4v) is 4.24. The summed E-state index contributed by atoms with van der Waals surface area (Å²) >= 11 is 0. The fourth-order valence-electron chi connectivity index (χ4n) is 4.24. The largest absolute Gasteiger partial charge is 0.445 e. The number of nitrogens with two attached hydrogens (primary N) is 1. The maximum absolute atomic E-state index is 13.2. The van der Waals surface area contributed by atoms with Gasteiger partial charge in [0.2, 0.25) is 0 Å². The van der Waals surface area contributed by atoms with Gasteiger partial charge in [-0.3, -0.25) is 9.78 Å². The van der Waals surface area contributed by atoms with Crippen molar-refractivity contribution in [3.05, 3.63) is 132 Å². The zero-order chi connectivity index (χ0) is 29.3. The summed E-state index contributed by atoms with van der Waals surface area (Å²) in [4.78, 5) is 38.1. The molecule has 4 aromatic rings. The minimum atomic E-state index is -0.504. The van der Waals surface area contributed by atoms with Gasteiger partial charge in [-0.2, -0.15) is 0 Å². The second-order valence-electron chi connectivity index (χ2n) is 9.40. The third kappa shape index (κ3) is 7.05. The molecule has 1 aliphatic heterocycles. The Balaban J connectivity index is 1.20. The third-order valence-electron chi connectivity index (χ3n) is 6.40. The van der Waals surface area contributed by atoms with Crippen molar-refractivity contribution < 1.29 is 14.3 Å². The molecule has 2 amide bonds. The lowest BCUT2D eigenvalue weighted by molar-refractivity contribution is 0.102. The molecule has 3 heterocycles. The Hall–Kier alpha value is -5.77. The quantitative estimate of drug-likeness (QED) is 0.228. The minimum Gasteiger partial charge on any atom is -0.445 e. The van der Waals surface area contributed by atoms with Crippen LogP contribution in [-0.2, 0) is 17.8 Å². The number of hydrogen-bond donors (Lipinski definition) is 4. The van der Waals surface area contributed by atoms with Crippen LogP contribution in [-0.4, -0.2) is 33.5 Å². The van der Waals surface area contributed by atoms with Gasteiger partial charge in [0.25, 0.3) is 5.91 Å². The number of benzene rings is 2. The highest BCUT2D eigenvalue weighted by Crippen LogP contribution is 2.27. The van der Waals surface area contributed by atoms with Crippen LogP contribution >= 0.6 is 0 Å². The van der Waals surface area contributed by atoms with Crippen molar-refractivity contribution in [2.45, 2.75) is 13.0 Å². The Bertz CT molecular complexity index is 1670. The maximum Gasteiger partial charge on any atom is 0.407 e. The summed E-state index contributed by atoms with van der Waals surface area (Å²) in [5, 5.41) is 8.64. The van der Waals surface area contributed by atoms with E-state index in [2.05, 4.69) is 37.5 Å². The van der Waals surface area contributed by atoms with Gasteiger partial charge in [0.1, 0.15) is 6.61 Å². The number of anilines is 2. The van der Waals surface area contributed by atoms with Gasteiger partial charge in [-0.1, -0.05) is 61.2 Å². The summed E-state index contributed by atoms with van der Waals surface area (Å²) in [6.45, 7) is 4.57. The molecule has 0 spiro atoms. The van der Waals surface area contributed by atoms with Gasteiger partial charge in [-0.05, 0) is 41.3 Å². The molecule has 0 unspecified atom stereocenters. The number of carbonyl (C=O) groups is 2. The molecule has 2 aromatic heterocycles. The number of rotatable bonds is 9. The molecule has 0 radical (unpaired) electrons. The van der Waals surface area contributed by atoms with Crippen molar-refractivity contribution in [3.8, 4) is 11.3 Å². The Morgan fingerprint density at radius 3 is 2.60 bits per heavy atom. The van der Waals surface area contributed by atoms with E-state index >= 15 is 0 Å². The summed E-state index contributed by atoms with van der Waals surface area (Å²) in [5.74, 6) is -0.492. The number of dihydropyridines is 1. The van der Waals surface area contributed by atoms with Crippen molar-refractivity contribution in [2.24, 2.45) is 0 Å². The summed E-state index contributed by atoms with van der Waals surface area (Å²) in [6, 6.07) is 18.9. The number of hydrogen-bond acceptors (Lipinski definition) is 8. The zero-order valence-corrected chi connectivity index (χ0v) is 22.7. The first-order valence-electron chi connectivity index (χ1n) is 13.2. The van der Waals surface area contributed by atoms with E-state index in [0.29, 0.717) is 24.3 Å². The molecule has 0 bridgehead atoms. The van der Waals surface area contributed by atoms with Gasteiger partial charge in [-0.15, -0.1) is 0 Å². The highest BCUT2D eigenvalue weighted by Gasteiger charge is 2.18. The fraction of sp³-hybridized carbons (Fsp3) is 0.0938. The number of allylic oxidation sites excluding steroid dienone is 3. The van der Waals surface area contributed by atoms with E-state index in [4.69, 9.17) is 10.5 Å². The van der Waals surface area contributed by atoms with Crippen LogP contribution in [0.3, 0.4) is 0 Å². The highest BCUT2D eigenvalue weighted by molar-refractivity contribution is 6.07. The third-order valence-corrected chi connectivity index (χ3v) is 6.40. The van der Waals surface area contributed by atoms with Gasteiger partial charge < -0.3 is 26.4 Å². The molecular weight excluding hydrogens is 530 g/mol. The molecule has 0 fully saturated rings. The van der Waals surface area contributed by atoms with E-state index in [-0.39, 0.29) is 18.1 Å². The van der Waals surface area contributed by atoms with Gasteiger partial charge in [-0.25, -0.2) is 14.8 Å². The number of nitrogens with zero attached hydrogens (tertiary/aromatic N) is 3. The van der Waals surface area contributed by atoms with Crippen LogP contribution in [0.1, 0.15) is 27.2 Å². The molecule has 10 nitrogen and oxygen atoms in total. The smallest absolute Gasteiger partial charge is 0.407 e. The standard InChI is InChI=1S/C32H29N7O3/c1-21-17-25(12-16-35-21)26-13-14-34-18-28(26)39-31(40)29-30(33)37-19-27(38-29)24-9-7-22(8-10-24)11-15-36-32(41)42-20-23-5-3-2-4-6-23/h2-10,12-14,16-19,35H,1,11,15,20H2,(H2,33,37)(H,36,41)(H,39,40). The van der Waals surface area contributed by atoms with E-state index < -0.39 is 12.0 Å². The van der Waals surface area contributed by atoms with Crippen molar-refractivity contribution in [1.29, 1.82) is 0 Å². The molecule has 5 N–H and O–H groups in total. The molecule has 2 aromatic carbocycles. The number of nitrogen functional groups attached to an aromatic ring is 1. The molecule has 0 aliphatic carbocycles. The SMILES string of the molecule is C=C1C=C(c2ccncc2NC(=O)c2nc(-c3ccc(CCNC(=O)OCc4ccccc4)cc3)cnc2N)C=CN1. The van der Waals surface area contributed by atoms with Gasteiger partial charge >= 0.3 is 6.09 Å². The summed E-state index contributed by atoms with van der Waals surface area (Å²) in [5.41, 5.74) is 12.1. The van der Waals surface area contributed by atoms with Crippen LogP contribution in [0.5, 0.6) is 0 Å². The Morgan fingerprint density at radius 1 is 1.00 bits per heavy atom. The predicted molar refractivity (Wildman–Crippen MR) is 162 cm³/mol. The van der Waals surface area contributed by atoms with Crippen LogP contribution in [0, 0.1) is 0 Å². The number of ether oxygens (including phenoxy) is 1. The van der Waals surface area contributed by atoms with Gasteiger partial charge in [0.05, 0.1) is 23.8 Å². The number of aromatic nitrogens is 3. The average Bonchev–Trinajstić information content (AvgIpc) is 3.01.